The van der Waals surface area contributed by atoms with Crippen LogP contribution in [0.1, 0.15) is 43.0 Å². The molecular formula is C49H37BN4O2Pt. The quantitative estimate of drug-likeness (QED) is 0.131. The van der Waals surface area contributed by atoms with Gasteiger partial charge < -0.3 is 18.6 Å². The Kier molecular flexibility index (Phi) is 7.98. The number of fused-ring (bicyclic) bond motifs is 8. The molecule has 9 aromatic rings. The van der Waals surface area contributed by atoms with Crippen LogP contribution in [-0.2, 0) is 26.5 Å². The maximum Gasteiger partial charge on any atom is 2.00 e. The van der Waals surface area contributed by atoms with E-state index in [9.17, 15) is 0 Å². The maximum absolute atomic E-state index is 6.95. The summed E-state index contributed by atoms with van der Waals surface area (Å²) in [5.74, 6) is 4.81. The fourth-order valence-electron chi connectivity index (χ4n) is 9.00. The number of pyridine rings is 1. The van der Waals surface area contributed by atoms with Gasteiger partial charge in [0.1, 0.15) is 17.3 Å². The molecule has 2 aliphatic rings. The van der Waals surface area contributed by atoms with Gasteiger partial charge in [-0.15, -0.1) is 40.8 Å². The predicted octanol–water partition coefficient (Wildman–Crippen LogP) is 9.73. The summed E-state index contributed by atoms with van der Waals surface area (Å²) >= 11 is 0. The molecule has 2 aliphatic heterocycles. The molecule has 8 heteroatoms. The van der Waals surface area contributed by atoms with Crippen molar-refractivity contribution in [2.24, 2.45) is 0 Å². The van der Waals surface area contributed by atoms with Gasteiger partial charge in [0.25, 0.3) is 0 Å². The Labute approximate surface area is 346 Å². The summed E-state index contributed by atoms with van der Waals surface area (Å²) < 4.78 is 18.3. The Morgan fingerprint density at radius 3 is 2.07 bits per heavy atom. The van der Waals surface area contributed by atoms with Gasteiger partial charge in [0.05, 0.1) is 16.9 Å². The summed E-state index contributed by atoms with van der Waals surface area (Å²) in [4.78, 5) is 10.1. The van der Waals surface area contributed by atoms with Crippen molar-refractivity contribution < 1.29 is 30.5 Å². The van der Waals surface area contributed by atoms with Gasteiger partial charge in [0.15, 0.2) is 0 Å². The zero-order chi connectivity index (χ0) is 38.0. The standard InChI is InChI=1S/C49H37BN4O2.Pt/c1-28-21-29(2)47(30(3)22-28)54-39-16-10-8-14-37(39)52-48(54)31-18-19-41-35(23-31)50-36-27-40-34(33-13-7-9-15-38(33)53(40)45-17-11-12-20-51-45)26-42(36)56-44-25-32(49(4,5)6)24-43(55-41)46(44)50;/h7-22,24-26H,1-6H3;/q-2;+2. The van der Waals surface area contributed by atoms with E-state index < -0.39 is 0 Å². The second kappa shape index (κ2) is 12.8. The molecule has 6 nitrogen and oxygen atoms in total. The second-order valence-corrected chi connectivity index (χ2v) is 16.3. The SMILES string of the molecule is Cc1cc(C)c(-n2c(-c3[c-]c4c(cc3)Oc3cc(C(C)(C)C)cc5c3B4c3[c-]c4c(cc3O5)c3ccccc3n4-c3ccccn3)nc3ccccc32)c(C)c1.[Pt+2]. The minimum absolute atomic E-state index is 0. The Hall–Kier alpha value is -5.91. The Bertz CT molecular complexity index is 3100. The topological polar surface area (TPSA) is 54.1 Å². The molecule has 0 N–H and O–H groups in total. The molecule has 0 spiro atoms. The first-order chi connectivity index (χ1) is 27.1. The van der Waals surface area contributed by atoms with E-state index in [4.69, 9.17) is 19.4 Å². The number of nitrogens with zero attached hydrogens (tertiary/aromatic N) is 4. The van der Waals surface area contributed by atoms with Gasteiger partial charge in [-0.25, -0.2) is 4.98 Å². The molecule has 0 fully saturated rings. The van der Waals surface area contributed by atoms with Crippen molar-refractivity contribution in [3.05, 3.63) is 150 Å². The first-order valence-electron chi connectivity index (χ1n) is 19.2. The number of benzene rings is 6. The van der Waals surface area contributed by atoms with Crippen molar-refractivity contribution in [3.8, 4) is 45.9 Å². The minimum Gasteiger partial charge on any atom is -0.518 e. The molecule has 0 saturated heterocycles. The van der Waals surface area contributed by atoms with Gasteiger partial charge in [-0.3, -0.25) is 4.98 Å². The molecule has 0 aliphatic carbocycles. The third kappa shape index (κ3) is 5.36. The van der Waals surface area contributed by atoms with Gasteiger partial charge in [0.2, 0.25) is 6.71 Å². The number of aromatic nitrogens is 4. The Morgan fingerprint density at radius 2 is 1.33 bits per heavy atom. The molecule has 3 aromatic heterocycles. The number of imidazole rings is 1. The van der Waals surface area contributed by atoms with Crippen LogP contribution in [0.15, 0.2) is 115 Å². The summed E-state index contributed by atoms with van der Waals surface area (Å²) in [7, 11) is 0. The van der Waals surface area contributed by atoms with Crippen LogP contribution in [-0.4, -0.2) is 25.8 Å². The van der Waals surface area contributed by atoms with Crippen LogP contribution in [0, 0.1) is 32.9 Å². The first-order valence-corrected chi connectivity index (χ1v) is 19.2. The van der Waals surface area contributed by atoms with Gasteiger partial charge in [-0.05, 0) is 90.7 Å². The predicted molar refractivity (Wildman–Crippen MR) is 227 cm³/mol. The third-order valence-corrected chi connectivity index (χ3v) is 11.5. The van der Waals surface area contributed by atoms with Crippen molar-refractivity contribution in [3.63, 3.8) is 0 Å². The van der Waals surface area contributed by atoms with Crippen molar-refractivity contribution in [2.75, 3.05) is 0 Å². The van der Waals surface area contributed by atoms with Gasteiger partial charge in [-0.1, -0.05) is 85.8 Å². The van der Waals surface area contributed by atoms with Crippen molar-refractivity contribution in [1.29, 1.82) is 0 Å². The molecule has 0 atom stereocenters. The number of aryl methyl sites for hydroxylation is 3. The van der Waals surface area contributed by atoms with Crippen molar-refractivity contribution >= 4 is 55.9 Å². The molecule has 0 bridgehead atoms. The molecule has 0 unspecified atom stereocenters. The second-order valence-electron chi connectivity index (χ2n) is 16.3. The molecule has 0 radical (unpaired) electrons. The smallest absolute Gasteiger partial charge is 0.518 e. The van der Waals surface area contributed by atoms with E-state index in [0.717, 1.165) is 101 Å². The Balaban J connectivity index is 0.00000396. The van der Waals surface area contributed by atoms with Crippen LogP contribution < -0.4 is 25.9 Å². The average molecular weight is 920 g/mol. The van der Waals surface area contributed by atoms with Gasteiger partial charge >= 0.3 is 21.1 Å². The van der Waals surface area contributed by atoms with E-state index >= 15 is 0 Å². The molecule has 0 amide bonds. The zero-order valence-corrected chi connectivity index (χ0v) is 34.7. The zero-order valence-electron chi connectivity index (χ0n) is 32.5. The molecule has 11 rings (SSSR count). The summed E-state index contributed by atoms with van der Waals surface area (Å²) in [6.07, 6.45) is 1.84. The molecule has 278 valence electrons. The summed E-state index contributed by atoms with van der Waals surface area (Å²) in [5, 5.41) is 2.18. The molecule has 0 saturated carbocycles. The Morgan fingerprint density at radius 1 is 0.649 bits per heavy atom. The molecule has 57 heavy (non-hydrogen) atoms. The van der Waals surface area contributed by atoms with Gasteiger partial charge in [-0.2, -0.15) is 6.07 Å². The summed E-state index contributed by atoms with van der Waals surface area (Å²) in [6, 6.07) is 45.9. The van der Waals surface area contributed by atoms with Crippen LogP contribution in [0.3, 0.4) is 0 Å². The van der Waals surface area contributed by atoms with E-state index in [1.54, 1.807) is 0 Å². The van der Waals surface area contributed by atoms with Crippen molar-refractivity contribution in [1.82, 2.24) is 19.1 Å². The van der Waals surface area contributed by atoms with Crippen LogP contribution in [0.25, 0.3) is 55.7 Å². The summed E-state index contributed by atoms with van der Waals surface area (Å²) in [6.45, 7) is 12.9. The molecule has 5 heterocycles. The number of para-hydroxylation sites is 3. The number of hydrogen-bond acceptors (Lipinski definition) is 4. The first kappa shape index (κ1) is 35.5. The van der Waals surface area contributed by atoms with E-state index in [2.05, 4.69) is 148 Å². The van der Waals surface area contributed by atoms with Crippen LogP contribution in [0.2, 0.25) is 0 Å². The minimum atomic E-state index is -0.262. The van der Waals surface area contributed by atoms with E-state index in [1.165, 1.54) is 16.7 Å². The normalized spacial score (nSPS) is 12.8. The third-order valence-electron chi connectivity index (χ3n) is 11.5. The van der Waals surface area contributed by atoms with Crippen LogP contribution in [0.4, 0.5) is 0 Å². The van der Waals surface area contributed by atoms with Gasteiger partial charge in [0, 0.05) is 34.4 Å². The van der Waals surface area contributed by atoms with E-state index in [-0.39, 0.29) is 33.2 Å². The summed E-state index contributed by atoms with van der Waals surface area (Å²) in [5.41, 5.74) is 13.5. The fraction of sp³-hybridized carbons (Fsp3) is 0.143. The fourth-order valence-corrected chi connectivity index (χ4v) is 9.00. The number of rotatable bonds is 3. The molecule has 6 aromatic carbocycles. The van der Waals surface area contributed by atoms with Crippen molar-refractivity contribution in [2.45, 2.75) is 47.0 Å². The van der Waals surface area contributed by atoms with Crippen LogP contribution in [0.5, 0.6) is 23.0 Å². The monoisotopic (exact) mass is 919 g/mol. The van der Waals surface area contributed by atoms with Crippen LogP contribution >= 0.6 is 0 Å². The van der Waals surface area contributed by atoms with E-state index in [0.29, 0.717) is 0 Å². The maximum atomic E-state index is 6.95. The number of ether oxygens (including phenoxy) is 2. The largest absolute Gasteiger partial charge is 2.00 e. The number of hydrogen-bond donors (Lipinski definition) is 0. The molecular weight excluding hydrogens is 882 g/mol. The average Bonchev–Trinajstić information content (AvgIpc) is 3.72. The van der Waals surface area contributed by atoms with E-state index in [1.807, 2.05) is 30.5 Å².